The molecule has 0 radical (unpaired) electrons. The van der Waals surface area contributed by atoms with E-state index in [1.165, 1.54) is 5.56 Å². The van der Waals surface area contributed by atoms with Gasteiger partial charge in [0.2, 0.25) is 0 Å². The van der Waals surface area contributed by atoms with Gasteiger partial charge >= 0.3 is 6.03 Å². The molecule has 0 saturated carbocycles. The number of rotatable bonds is 5. The molecule has 0 spiro atoms. The Hall–Kier alpha value is -2.60. The zero-order chi connectivity index (χ0) is 18.4. The summed E-state index contributed by atoms with van der Waals surface area (Å²) in [5.74, 6) is 0.700. The van der Waals surface area contributed by atoms with Gasteiger partial charge in [0.05, 0.1) is 11.8 Å². The summed E-state index contributed by atoms with van der Waals surface area (Å²) in [5.41, 5.74) is 1.91. The Labute approximate surface area is 154 Å². The first kappa shape index (κ1) is 18.2. The van der Waals surface area contributed by atoms with Crippen LogP contribution in [0.2, 0.25) is 0 Å². The zero-order valence-corrected chi connectivity index (χ0v) is 15.4. The van der Waals surface area contributed by atoms with Crippen LogP contribution in [0.5, 0.6) is 5.75 Å². The summed E-state index contributed by atoms with van der Waals surface area (Å²) in [4.78, 5) is 21.0. The molecule has 1 saturated heterocycles. The van der Waals surface area contributed by atoms with Gasteiger partial charge in [0.15, 0.2) is 0 Å². The van der Waals surface area contributed by atoms with Crippen molar-refractivity contribution in [3.63, 3.8) is 0 Å². The van der Waals surface area contributed by atoms with Crippen LogP contribution in [0.1, 0.15) is 19.4 Å². The molecule has 3 rings (SSSR count). The first-order valence-electron chi connectivity index (χ1n) is 9.04. The molecule has 1 aliphatic heterocycles. The van der Waals surface area contributed by atoms with Crippen LogP contribution in [0, 0.1) is 0 Å². The number of para-hydroxylation sites is 2. The number of carbonyl (C=O) groups is 1. The minimum Gasteiger partial charge on any atom is -0.489 e. The Bertz CT molecular complexity index is 713. The van der Waals surface area contributed by atoms with Gasteiger partial charge in [-0.15, -0.1) is 0 Å². The molecule has 6 heteroatoms. The van der Waals surface area contributed by atoms with Crippen LogP contribution >= 0.6 is 0 Å². The highest BCUT2D eigenvalue weighted by Crippen LogP contribution is 2.25. The minimum absolute atomic E-state index is 0.0593. The second kappa shape index (κ2) is 8.67. The van der Waals surface area contributed by atoms with E-state index < -0.39 is 0 Å². The predicted molar refractivity (Wildman–Crippen MR) is 102 cm³/mol. The summed E-state index contributed by atoms with van der Waals surface area (Å²) < 4.78 is 5.77. The molecule has 26 heavy (non-hydrogen) atoms. The van der Waals surface area contributed by atoms with Crippen molar-refractivity contribution in [2.24, 2.45) is 0 Å². The number of pyridine rings is 1. The molecular weight excluding hydrogens is 328 g/mol. The van der Waals surface area contributed by atoms with Crippen molar-refractivity contribution < 1.29 is 9.53 Å². The molecule has 0 unspecified atom stereocenters. The number of aromatic nitrogens is 1. The quantitative estimate of drug-likeness (QED) is 0.896. The van der Waals surface area contributed by atoms with E-state index in [2.05, 4.69) is 21.3 Å². The molecule has 1 aliphatic rings. The van der Waals surface area contributed by atoms with Crippen molar-refractivity contribution in [2.45, 2.75) is 26.5 Å². The number of nitrogens with zero attached hydrogens (tertiary/aromatic N) is 3. The van der Waals surface area contributed by atoms with Crippen LogP contribution < -0.4 is 10.1 Å². The molecule has 6 nitrogen and oxygen atoms in total. The van der Waals surface area contributed by atoms with Crippen LogP contribution in [-0.2, 0) is 6.54 Å². The van der Waals surface area contributed by atoms with Gasteiger partial charge in [-0.25, -0.2) is 4.79 Å². The molecule has 1 aromatic heterocycles. The molecule has 2 aromatic rings. The molecule has 1 aromatic carbocycles. The Kier molecular flexibility index (Phi) is 6.07. The second-order valence-corrected chi connectivity index (χ2v) is 6.72. The maximum Gasteiger partial charge on any atom is 0.322 e. The molecule has 1 N–H and O–H groups in total. The van der Waals surface area contributed by atoms with Gasteiger partial charge in [-0.1, -0.05) is 18.2 Å². The number of anilines is 1. The maximum atomic E-state index is 12.6. The van der Waals surface area contributed by atoms with E-state index in [1.54, 1.807) is 6.20 Å². The van der Waals surface area contributed by atoms with Gasteiger partial charge in [-0.2, -0.15) is 0 Å². The lowest BCUT2D eigenvalue weighted by molar-refractivity contribution is 0.143. The van der Waals surface area contributed by atoms with Crippen molar-refractivity contribution in [3.05, 3.63) is 54.4 Å². The van der Waals surface area contributed by atoms with Crippen LogP contribution in [0.4, 0.5) is 10.5 Å². The Morgan fingerprint density at radius 2 is 1.92 bits per heavy atom. The van der Waals surface area contributed by atoms with E-state index in [-0.39, 0.29) is 12.1 Å². The third-order valence-electron chi connectivity index (χ3n) is 4.28. The van der Waals surface area contributed by atoms with Crippen LogP contribution in [0.25, 0.3) is 0 Å². The van der Waals surface area contributed by atoms with Crippen LogP contribution in [0.15, 0.2) is 48.8 Å². The van der Waals surface area contributed by atoms with E-state index in [1.807, 2.05) is 55.3 Å². The molecule has 0 bridgehead atoms. The number of hydrogen-bond acceptors (Lipinski definition) is 4. The molecule has 0 aliphatic carbocycles. The van der Waals surface area contributed by atoms with Crippen molar-refractivity contribution >= 4 is 11.7 Å². The lowest BCUT2D eigenvalue weighted by atomic mass is 10.2. The van der Waals surface area contributed by atoms with Crippen molar-refractivity contribution in [1.29, 1.82) is 0 Å². The summed E-state index contributed by atoms with van der Waals surface area (Å²) in [6, 6.07) is 11.5. The highest BCUT2D eigenvalue weighted by atomic mass is 16.5. The number of hydrogen-bond donors (Lipinski definition) is 1. The number of piperazine rings is 1. The van der Waals surface area contributed by atoms with Crippen molar-refractivity contribution in [3.8, 4) is 5.75 Å². The first-order chi connectivity index (χ1) is 12.6. The highest BCUT2D eigenvalue weighted by Gasteiger charge is 2.22. The monoisotopic (exact) mass is 354 g/mol. The molecule has 1 fully saturated rings. The predicted octanol–water partition coefficient (Wildman–Crippen LogP) is 3.22. The third kappa shape index (κ3) is 4.95. The maximum absolute atomic E-state index is 12.6. The van der Waals surface area contributed by atoms with Crippen LogP contribution in [-0.4, -0.2) is 53.1 Å². The summed E-state index contributed by atoms with van der Waals surface area (Å²) in [6.07, 6.45) is 3.74. The SMILES string of the molecule is CC(C)Oc1ccccc1NC(=O)N1CCN(Cc2cccnc2)CC1. The molecule has 0 atom stereocenters. The lowest BCUT2D eigenvalue weighted by Crippen LogP contribution is -2.49. The van der Waals surface area contributed by atoms with E-state index in [9.17, 15) is 4.79 Å². The average Bonchev–Trinajstić information content (AvgIpc) is 2.64. The zero-order valence-electron chi connectivity index (χ0n) is 15.4. The van der Waals surface area contributed by atoms with Crippen molar-refractivity contribution in [1.82, 2.24) is 14.8 Å². The summed E-state index contributed by atoms with van der Waals surface area (Å²) in [7, 11) is 0. The number of amides is 2. The van der Waals surface area contributed by atoms with E-state index in [0.29, 0.717) is 24.5 Å². The molecular formula is C20H26N4O2. The van der Waals surface area contributed by atoms with Crippen LogP contribution in [0.3, 0.4) is 0 Å². The van der Waals surface area contributed by atoms with Gasteiger partial charge in [0.25, 0.3) is 0 Å². The van der Waals surface area contributed by atoms with Gasteiger partial charge < -0.3 is 15.0 Å². The number of nitrogens with one attached hydrogen (secondary N) is 1. The van der Waals surface area contributed by atoms with Crippen molar-refractivity contribution in [2.75, 3.05) is 31.5 Å². The van der Waals surface area contributed by atoms with E-state index >= 15 is 0 Å². The Morgan fingerprint density at radius 3 is 2.62 bits per heavy atom. The number of ether oxygens (including phenoxy) is 1. The topological polar surface area (TPSA) is 57.7 Å². The van der Waals surface area contributed by atoms with Gasteiger partial charge in [-0.3, -0.25) is 9.88 Å². The number of carbonyl (C=O) groups excluding carboxylic acids is 1. The smallest absolute Gasteiger partial charge is 0.322 e. The fourth-order valence-electron chi connectivity index (χ4n) is 2.98. The van der Waals surface area contributed by atoms with Gasteiger partial charge in [-0.05, 0) is 37.6 Å². The standard InChI is InChI=1S/C20H26N4O2/c1-16(2)26-19-8-4-3-7-18(19)22-20(25)24-12-10-23(11-13-24)15-17-6-5-9-21-14-17/h3-9,14,16H,10-13,15H2,1-2H3,(H,22,25). The minimum atomic E-state index is -0.0779. The van der Waals surface area contributed by atoms with E-state index in [0.717, 1.165) is 19.6 Å². The molecule has 138 valence electrons. The fraction of sp³-hybridized carbons (Fsp3) is 0.400. The average molecular weight is 354 g/mol. The normalized spacial score (nSPS) is 15.1. The fourth-order valence-corrected chi connectivity index (χ4v) is 2.98. The first-order valence-corrected chi connectivity index (χ1v) is 9.04. The Morgan fingerprint density at radius 1 is 1.15 bits per heavy atom. The number of benzene rings is 1. The lowest BCUT2D eigenvalue weighted by Gasteiger charge is -2.34. The molecule has 2 amide bonds. The van der Waals surface area contributed by atoms with Gasteiger partial charge in [0.1, 0.15) is 5.75 Å². The number of urea groups is 1. The summed E-state index contributed by atoms with van der Waals surface area (Å²) >= 11 is 0. The summed E-state index contributed by atoms with van der Waals surface area (Å²) in [6.45, 7) is 7.94. The highest BCUT2D eigenvalue weighted by molar-refractivity contribution is 5.91. The third-order valence-corrected chi connectivity index (χ3v) is 4.28. The van der Waals surface area contributed by atoms with Gasteiger partial charge in [0, 0.05) is 45.1 Å². The molecule has 2 heterocycles. The largest absolute Gasteiger partial charge is 0.489 e. The summed E-state index contributed by atoms with van der Waals surface area (Å²) in [5, 5.41) is 2.98. The second-order valence-electron chi connectivity index (χ2n) is 6.72. The van der Waals surface area contributed by atoms with E-state index in [4.69, 9.17) is 4.74 Å². The Balaban J connectivity index is 1.53.